The minimum absolute atomic E-state index is 0.00648. The molecule has 0 saturated carbocycles. The lowest BCUT2D eigenvalue weighted by atomic mass is 9.92. The van der Waals surface area contributed by atoms with Gasteiger partial charge < -0.3 is 20.3 Å². The van der Waals surface area contributed by atoms with Gasteiger partial charge in [-0.05, 0) is 35.4 Å². The molecule has 0 amide bonds. The van der Waals surface area contributed by atoms with E-state index in [1.807, 2.05) is 0 Å². The van der Waals surface area contributed by atoms with Crippen molar-refractivity contribution in [2.45, 2.75) is 11.4 Å². The van der Waals surface area contributed by atoms with Crippen LogP contribution in [0.2, 0.25) is 0 Å². The standard InChI is InChI=1S/C26H19N5O4S/c27-10-19-22(14-4-6-15(7-5-14)35-16-12-34-13-16)20(11-28)25(29)30-23(19)24(36)18-2-1-3-21-17(18)8-9-31(21)26(32)33/h1-9,16,24,36H,12-13H2,(H2,29,30)(H,32,33). The molecule has 4 aromatic rings. The Labute approximate surface area is 211 Å². The van der Waals surface area contributed by atoms with Crippen molar-refractivity contribution in [1.82, 2.24) is 9.55 Å². The number of carboxylic acid groups (broad SMARTS) is 1. The summed E-state index contributed by atoms with van der Waals surface area (Å²) in [5.74, 6) is 0.621. The summed E-state index contributed by atoms with van der Waals surface area (Å²) in [7, 11) is 0. The van der Waals surface area contributed by atoms with E-state index in [2.05, 4.69) is 17.1 Å². The highest BCUT2D eigenvalue weighted by atomic mass is 32.1. The van der Waals surface area contributed by atoms with E-state index in [1.54, 1.807) is 48.5 Å². The van der Waals surface area contributed by atoms with Gasteiger partial charge in [-0.15, -0.1) is 0 Å². The predicted molar refractivity (Wildman–Crippen MR) is 135 cm³/mol. The summed E-state index contributed by atoms with van der Waals surface area (Å²) >= 11 is 4.77. The van der Waals surface area contributed by atoms with Crippen molar-refractivity contribution in [3.8, 4) is 29.0 Å². The fourth-order valence-corrected chi connectivity index (χ4v) is 4.67. The maximum Gasteiger partial charge on any atom is 0.415 e. The van der Waals surface area contributed by atoms with E-state index < -0.39 is 11.3 Å². The molecule has 1 aliphatic heterocycles. The highest BCUT2D eigenvalue weighted by Crippen LogP contribution is 2.40. The second-order valence-corrected chi connectivity index (χ2v) is 8.70. The van der Waals surface area contributed by atoms with E-state index in [4.69, 9.17) is 27.8 Å². The Balaban J connectivity index is 1.63. The highest BCUT2D eigenvalue weighted by molar-refractivity contribution is 7.80. The molecule has 5 rings (SSSR count). The van der Waals surface area contributed by atoms with E-state index in [-0.39, 0.29) is 28.7 Å². The van der Waals surface area contributed by atoms with Gasteiger partial charge in [0.2, 0.25) is 0 Å². The molecule has 1 unspecified atom stereocenters. The normalized spacial score (nSPS) is 14.0. The van der Waals surface area contributed by atoms with Crippen LogP contribution in [0.15, 0.2) is 54.7 Å². The topological polar surface area (TPSA) is 147 Å². The molecular weight excluding hydrogens is 478 g/mol. The van der Waals surface area contributed by atoms with Gasteiger partial charge in [0.05, 0.1) is 35.2 Å². The Hall–Kier alpha value is -4.51. The zero-order valence-electron chi connectivity index (χ0n) is 18.8. The zero-order chi connectivity index (χ0) is 25.4. The molecule has 0 aliphatic carbocycles. The summed E-state index contributed by atoms with van der Waals surface area (Å²) in [6.07, 6.45) is 0.343. The van der Waals surface area contributed by atoms with Gasteiger partial charge in [0.1, 0.15) is 35.4 Å². The molecule has 178 valence electrons. The van der Waals surface area contributed by atoms with Gasteiger partial charge in [0.15, 0.2) is 0 Å². The molecule has 36 heavy (non-hydrogen) atoms. The summed E-state index contributed by atoms with van der Waals surface area (Å²) < 4.78 is 12.0. The van der Waals surface area contributed by atoms with Gasteiger partial charge in [-0.2, -0.15) is 23.2 Å². The Morgan fingerprint density at radius 3 is 2.50 bits per heavy atom. The van der Waals surface area contributed by atoms with Gasteiger partial charge in [-0.3, -0.25) is 4.57 Å². The molecule has 1 saturated heterocycles. The highest BCUT2D eigenvalue weighted by Gasteiger charge is 2.26. The molecule has 2 aromatic carbocycles. The number of ether oxygens (including phenoxy) is 2. The van der Waals surface area contributed by atoms with Crippen LogP contribution >= 0.6 is 12.6 Å². The SMILES string of the molecule is N#Cc1c(N)nc(C(S)c2cccc3c2ccn3C(=O)O)c(C#N)c1-c1ccc(OC2COC2)cc1. The fraction of sp³-hybridized carbons (Fsp3) is 0.154. The van der Waals surface area contributed by atoms with E-state index in [0.717, 1.165) is 4.57 Å². The van der Waals surface area contributed by atoms with Crippen molar-refractivity contribution in [3.63, 3.8) is 0 Å². The maximum atomic E-state index is 11.6. The van der Waals surface area contributed by atoms with Crippen LogP contribution in [0.5, 0.6) is 5.75 Å². The molecule has 0 spiro atoms. The van der Waals surface area contributed by atoms with Crippen molar-refractivity contribution in [3.05, 3.63) is 77.1 Å². The first-order valence-electron chi connectivity index (χ1n) is 10.9. The molecule has 3 heterocycles. The van der Waals surface area contributed by atoms with Gasteiger partial charge in [-0.1, -0.05) is 24.3 Å². The third kappa shape index (κ3) is 3.89. The summed E-state index contributed by atoms with van der Waals surface area (Å²) in [4.78, 5) is 16.0. The molecule has 3 N–H and O–H groups in total. The average Bonchev–Trinajstić information content (AvgIpc) is 3.30. The predicted octanol–water partition coefficient (Wildman–Crippen LogP) is 4.35. The number of thiol groups is 1. The van der Waals surface area contributed by atoms with Crippen molar-refractivity contribution in [2.24, 2.45) is 0 Å². The van der Waals surface area contributed by atoms with E-state index in [1.165, 1.54) is 6.20 Å². The molecule has 2 aromatic heterocycles. The van der Waals surface area contributed by atoms with E-state index in [9.17, 15) is 20.4 Å². The first kappa shape index (κ1) is 23.2. The summed E-state index contributed by atoms with van der Waals surface area (Å²) in [6.45, 7) is 1.07. The van der Waals surface area contributed by atoms with E-state index >= 15 is 0 Å². The number of anilines is 1. The van der Waals surface area contributed by atoms with Gasteiger partial charge >= 0.3 is 6.09 Å². The first-order chi connectivity index (χ1) is 17.4. The molecule has 1 aliphatic rings. The number of pyridine rings is 1. The minimum atomic E-state index is -1.11. The number of nitriles is 2. The van der Waals surface area contributed by atoms with Crippen LogP contribution in [0.4, 0.5) is 10.6 Å². The third-order valence-electron chi connectivity index (χ3n) is 6.06. The Kier molecular flexibility index (Phi) is 5.98. The van der Waals surface area contributed by atoms with E-state index in [0.29, 0.717) is 46.6 Å². The first-order valence-corrected chi connectivity index (χ1v) is 11.4. The van der Waals surface area contributed by atoms with Gasteiger partial charge in [-0.25, -0.2) is 9.78 Å². The molecule has 10 heteroatoms. The number of fused-ring (bicyclic) bond motifs is 1. The summed E-state index contributed by atoms with van der Waals surface area (Å²) in [5, 5.41) is 29.4. The Morgan fingerprint density at radius 2 is 1.89 bits per heavy atom. The monoisotopic (exact) mass is 497 g/mol. The smallest absolute Gasteiger partial charge is 0.415 e. The largest absolute Gasteiger partial charge is 0.486 e. The minimum Gasteiger partial charge on any atom is -0.486 e. The van der Waals surface area contributed by atoms with Gasteiger partial charge in [0.25, 0.3) is 0 Å². The Bertz CT molecular complexity index is 1580. The number of nitrogen functional groups attached to an aromatic ring is 1. The second-order valence-electron chi connectivity index (χ2n) is 8.18. The molecule has 0 radical (unpaired) electrons. The number of rotatable bonds is 5. The van der Waals surface area contributed by atoms with Crippen LogP contribution in [0.3, 0.4) is 0 Å². The Morgan fingerprint density at radius 1 is 1.17 bits per heavy atom. The lowest BCUT2D eigenvalue weighted by Gasteiger charge is -2.26. The van der Waals surface area contributed by atoms with Crippen molar-refractivity contribution in [2.75, 3.05) is 18.9 Å². The molecular formula is C26H19N5O4S. The molecule has 1 fully saturated rings. The number of hydrogen-bond donors (Lipinski definition) is 3. The lowest BCUT2D eigenvalue weighted by Crippen LogP contribution is -2.38. The summed E-state index contributed by atoms with van der Waals surface area (Å²) in [5.41, 5.74) is 8.81. The van der Waals surface area contributed by atoms with Crippen LogP contribution < -0.4 is 10.5 Å². The van der Waals surface area contributed by atoms with Crippen LogP contribution in [0.25, 0.3) is 22.0 Å². The van der Waals surface area contributed by atoms with Crippen LogP contribution in [0, 0.1) is 22.7 Å². The average molecular weight is 498 g/mol. The van der Waals surface area contributed by atoms with Crippen LogP contribution in [0.1, 0.15) is 27.6 Å². The van der Waals surface area contributed by atoms with Crippen molar-refractivity contribution in [1.29, 1.82) is 10.5 Å². The number of benzene rings is 2. The molecule has 1 atom stereocenters. The number of carbonyl (C=O) groups is 1. The maximum absolute atomic E-state index is 11.6. The summed E-state index contributed by atoms with van der Waals surface area (Å²) in [6, 6.07) is 18.2. The number of nitrogens with zero attached hydrogens (tertiary/aromatic N) is 4. The van der Waals surface area contributed by atoms with Crippen molar-refractivity contribution < 1.29 is 19.4 Å². The number of aromatic nitrogens is 2. The number of nitrogens with two attached hydrogens (primary N) is 1. The quantitative estimate of drug-likeness (QED) is 0.345. The molecule has 9 nitrogen and oxygen atoms in total. The van der Waals surface area contributed by atoms with Gasteiger partial charge in [0, 0.05) is 17.1 Å². The van der Waals surface area contributed by atoms with Crippen molar-refractivity contribution >= 4 is 35.4 Å². The zero-order valence-corrected chi connectivity index (χ0v) is 19.6. The second kappa shape index (κ2) is 9.27. The number of hydrogen-bond acceptors (Lipinski definition) is 8. The lowest BCUT2D eigenvalue weighted by molar-refractivity contribution is -0.0796. The fourth-order valence-electron chi connectivity index (χ4n) is 4.25. The van der Waals surface area contributed by atoms with Crippen LogP contribution in [-0.4, -0.2) is 40.1 Å². The van der Waals surface area contributed by atoms with Crippen LogP contribution in [-0.2, 0) is 4.74 Å². The third-order valence-corrected chi connectivity index (χ3v) is 6.58. The molecule has 0 bridgehead atoms.